The molecule has 6 aromatic rings. The van der Waals surface area contributed by atoms with E-state index in [0.29, 0.717) is 11.6 Å². The molecule has 0 fully saturated rings. The summed E-state index contributed by atoms with van der Waals surface area (Å²) in [6, 6.07) is 29.1. The number of furan rings is 1. The van der Waals surface area contributed by atoms with Gasteiger partial charge < -0.3 is 14.4 Å². The molecule has 0 aliphatic carbocycles. The molecule has 0 unspecified atom stereocenters. The molecule has 2 aromatic carbocycles. The number of pyridine rings is 3. The van der Waals surface area contributed by atoms with Crippen molar-refractivity contribution in [3.05, 3.63) is 108 Å². The van der Waals surface area contributed by atoms with Crippen LogP contribution in [0.5, 0.6) is 0 Å². The molecule has 0 saturated heterocycles. The Balaban J connectivity index is 0.000000201. The zero-order valence-corrected chi connectivity index (χ0v) is 31.3. The summed E-state index contributed by atoms with van der Waals surface area (Å²) in [5.41, 5.74) is 9.31. The van der Waals surface area contributed by atoms with Gasteiger partial charge in [0.05, 0.1) is 13.7 Å². The second kappa shape index (κ2) is 13.9. The van der Waals surface area contributed by atoms with E-state index in [1.54, 1.807) is 0 Å². The van der Waals surface area contributed by atoms with Crippen molar-refractivity contribution in [1.82, 2.24) is 15.0 Å². The molecule has 6 rings (SSSR count). The Hall–Kier alpha value is -3.44. The monoisotopic (exact) mass is 790 g/mol. The normalized spacial score (nSPS) is 11.8. The number of hydrogen-bond donors (Lipinski definition) is 0. The predicted molar refractivity (Wildman–Crippen MR) is 187 cm³/mol. The fourth-order valence-electron chi connectivity index (χ4n) is 5.44. The van der Waals surface area contributed by atoms with E-state index >= 15 is 0 Å². The molecule has 1 radical (unpaired) electrons. The molecule has 0 saturated carbocycles. The predicted octanol–water partition coefficient (Wildman–Crippen LogP) is 9.96. The van der Waals surface area contributed by atoms with Gasteiger partial charge in [0.25, 0.3) is 0 Å². The summed E-state index contributed by atoms with van der Waals surface area (Å²) in [7, 11) is -1.37. The molecule has 0 amide bonds. The van der Waals surface area contributed by atoms with E-state index in [4.69, 9.17) is 9.40 Å². The molecule has 45 heavy (non-hydrogen) atoms. The number of hydrogen-bond acceptors (Lipinski definition) is 4. The van der Waals surface area contributed by atoms with Crippen molar-refractivity contribution >= 4 is 35.3 Å². The van der Waals surface area contributed by atoms with Crippen LogP contribution >= 0.6 is 0 Å². The van der Waals surface area contributed by atoms with Crippen LogP contribution in [0.1, 0.15) is 57.4 Å². The van der Waals surface area contributed by atoms with Crippen molar-refractivity contribution in [2.24, 2.45) is 5.41 Å². The Morgan fingerprint density at radius 2 is 1.64 bits per heavy atom. The molecule has 6 heteroatoms. The molecule has 4 aromatic heterocycles. The van der Waals surface area contributed by atoms with Crippen LogP contribution in [-0.4, -0.2) is 23.0 Å². The SMILES string of the molecule is CC(C)(C)Cc1cc(-c2[c-]cccc2)ncc1[Si](C)(C)C.Cc1ccc2c(n1)oc1c(-c3cc(C(C)C)ccn3)[c-]ccc12.[Ir]. The van der Waals surface area contributed by atoms with E-state index < -0.39 is 8.07 Å². The zero-order valence-electron chi connectivity index (χ0n) is 27.9. The maximum absolute atomic E-state index is 6.04. The van der Waals surface area contributed by atoms with E-state index in [1.165, 1.54) is 16.3 Å². The fraction of sp³-hybridized carbons (Fsp3) is 0.308. The van der Waals surface area contributed by atoms with Crippen LogP contribution in [0, 0.1) is 24.5 Å². The van der Waals surface area contributed by atoms with E-state index in [1.807, 2.05) is 49.5 Å². The van der Waals surface area contributed by atoms with Gasteiger partial charge in [-0.15, -0.1) is 54.1 Å². The Bertz CT molecular complexity index is 1900. The Labute approximate surface area is 283 Å². The van der Waals surface area contributed by atoms with E-state index in [2.05, 4.69) is 113 Å². The first-order chi connectivity index (χ1) is 20.8. The van der Waals surface area contributed by atoms with E-state index in [9.17, 15) is 0 Å². The van der Waals surface area contributed by atoms with Crippen LogP contribution < -0.4 is 5.19 Å². The molecule has 4 nitrogen and oxygen atoms in total. The molecule has 4 heterocycles. The summed E-state index contributed by atoms with van der Waals surface area (Å²) in [5, 5.41) is 3.57. The van der Waals surface area contributed by atoms with Gasteiger partial charge in [0, 0.05) is 43.6 Å². The maximum Gasteiger partial charge on any atom is 0.216 e. The minimum absolute atomic E-state index is 0. The maximum atomic E-state index is 6.04. The average Bonchev–Trinajstić information content (AvgIpc) is 3.34. The first-order valence-electron chi connectivity index (χ1n) is 15.4. The average molecular weight is 790 g/mol. The summed E-state index contributed by atoms with van der Waals surface area (Å²) >= 11 is 0. The van der Waals surface area contributed by atoms with Gasteiger partial charge in [-0.25, -0.2) is 4.98 Å². The quantitative estimate of drug-likeness (QED) is 0.129. The third-order valence-corrected chi connectivity index (χ3v) is 9.71. The summed E-state index contributed by atoms with van der Waals surface area (Å²) in [6.45, 7) is 20.4. The van der Waals surface area contributed by atoms with Crippen LogP contribution in [0.25, 0.3) is 44.6 Å². The summed E-state index contributed by atoms with van der Waals surface area (Å²) in [4.78, 5) is 13.7. The molecule has 0 spiro atoms. The molecule has 235 valence electrons. The Kier molecular flexibility index (Phi) is 10.6. The molecule has 0 aliphatic rings. The molecule has 0 aliphatic heterocycles. The first-order valence-corrected chi connectivity index (χ1v) is 18.9. The summed E-state index contributed by atoms with van der Waals surface area (Å²) < 4.78 is 6.04. The molecular weight excluding hydrogens is 747 g/mol. The van der Waals surface area contributed by atoms with Crippen molar-refractivity contribution < 1.29 is 24.5 Å². The second-order valence-electron chi connectivity index (χ2n) is 14.1. The third kappa shape index (κ3) is 8.24. The largest absolute Gasteiger partial charge is 0.486 e. The van der Waals surface area contributed by atoms with Crippen LogP contribution in [0.3, 0.4) is 0 Å². The third-order valence-electron chi connectivity index (χ3n) is 7.65. The van der Waals surface area contributed by atoms with Crippen LogP contribution in [-0.2, 0) is 26.5 Å². The van der Waals surface area contributed by atoms with Gasteiger partial charge in [0.1, 0.15) is 0 Å². The molecule has 0 bridgehead atoms. The van der Waals surface area contributed by atoms with Gasteiger partial charge in [-0.2, -0.15) is 0 Å². The Morgan fingerprint density at radius 3 is 2.31 bits per heavy atom. The standard InChI is InChI=1S/C20H17N2O.C19H26NSi.Ir/c1-12(2)14-9-10-21-18(11-14)17-6-4-5-15-16-8-7-13(3)22-20(16)23-19(15)17;1-19(2,3)13-16-12-17(15-10-8-7-9-11-15)20-14-18(16)21(4,5)6;/h4-5,7-12H,1-3H3;7-10,12,14H,13H2,1-6H3;/q2*-1;. The van der Waals surface area contributed by atoms with Crippen LogP contribution in [0.4, 0.5) is 0 Å². The van der Waals surface area contributed by atoms with Crippen molar-refractivity contribution in [3.63, 3.8) is 0 Å². The minimum Gasteiger partial charge on any atom is -0.486 e. The van der Waals surface area contributed by atoms with Gasteiger partial charge in [0.15, 0.2) is 0 Å². The van der Waals surface area contributed by atoms with Gasteiger partial charge in [-0.1, -0.05) is 88.5 Å². The van der Waals surface area contributed by atoms with Gasteiger partial charge in [-0.05, 0) is 59.5 Å². The molecule has 0 N–H and O–H groups in total. The van der Waals surface area contributed by atoms with E-state index in [0.717, 1.165) is 51.0 Å². The first kappa shape index (κ1) is 34.4. The van der Waals surface area contributed by atoms with E-state index in [-0.39, 0.29) is 25.5 Å². The van der Waals surface area contributed by atoms with Gasteiger partial charge >= 0.3 is 0 Å². The summed E-state index contributed by atoms with van der Waals surface area (Å²) in [6.07, 6.45) is 5.06. The smallest absolute Gasteiger partial charge is 0.216 e. The van der Waals surface area contributed by atoms with Gasteiger partial charge in [0.2, 0.25) is 5.71 Å². The van der Waals surface area contributed by atoms with Crippen molar-refractivity contribution in [2.45, 2.75) is 73.5 Å². The van der Waals surface area contributed by atoms with Crippen LogP contribution in [0.2, 0.25) is 19.6 Å². The molecular formula is C39H43IrN3OSi-2. The second-order valence-corrected chi connectivity index (χ2v) is 19.2. The van der Waals surface area contributed by atoms with Crippen molar-refractivity contribution in [3.8, 4) is 22.5 Å². The number of aromatic nitrogens is 3. The number of benzene rings is 2. The number of nitrogens with zero attached hydrogens (tertiary/aromatic N) is 3. The van der Waals surface area contributed by atoms with Crippen molar-refractivity contribution in [1.29, 1.82) is 0 Å². The summed E-state index contributed by atoms with van der Waals surface area (Å²) in [5.74, 6) is 0.455. The molecule has 0 atom stereocenters. The topological polar surface area (TPSA) is 51.8 Å². The zero-order chi connectivity index (χ0) is 31.6. The number of rotatable bonds is 5. The fourth-order valence-corrected chi connectivity index (χ4v) is 7.01. The Morgan fingerprint density at radius 1 is 0.867 bits per heavy atom. The van der Waals surface area contributed by atoms with Crippen LogP contribution in [0.15, 0.2) is 83.5 Å². The van der Waals surface area contributed by atoms with Gasteiger partial charge in [-0.3, -0.25) is 0 Å². The number of fused-ring (bicyclic) bond motifs is 3. The van der Waals surface area contributed by atoms with Crippen molar-refractivity contribution in [2.75, 3.05) is 0 Å². The minimum atomic E-state index is -1.37. The number of aryl methyl sites for hydroxylation is 1.